The molecule has 2 aromatic rings. The molecule has 1 aromatic carbocycles. The van der Waals surface area contributed by atoms with Crippen molar-refractivity contribution in [1.82, 2.24) is 25.5 Å². The maximum atomic E-state index is 12.3. The summed E-state index contributed by atoms with van der Waals surface area (Å²) in [5.41, 5.74) is 0.812. The lowest BCUT2D eigenvalue weighted by Gasteiger charge is -2.34. The lowest BCUT2D eigenvalue weighted by molar-refractivity contribution is -0.120. The number of nitrogens with one attached hydrogen (secondary N) is 1. The van der Waals surface area contributed by atoms with Gasteiger partial charge in [-0.25, -0.2) is 0 Å². The van der Waals surface area contributed by atoms with E-state index in [4.69, 9.17) is 11.6 Å². The maximum absolute atomic E-state index is 12.3. The molecule has 1 aliphatic carbocycles. The van der Waals surface area contributed by atoms with Crippen molar-refractivity contribution in [2.75, 3.05) is 5.75 Å². The Morgan fingerprint density at radius 1 is 1.32 bits per heavy atom. The molecule has 0 unspecified atom stereocenters. The molecule has 1 aliphatic rings. The Morgan fingerprint density at radius 2 is 2.08 bits per heavy atom. The number of carbonyl (C=O) groups excluding carboxylic acids is 1. The van der Waals surface area contributed by atoms with Crippen LogP contribution >= 0.6 is 23.4 Å². The van der Waals surface area contributed by atoms with Crippen molar-refractivity contribution in [3.63, 3.8) is 0 Å². The third-order valence-corrected chi connectivity index (χ3v) is 6.07. The second-order valence-corrected chi connectivity index (χ2v) is 7.96. The van der Waals surface area contributed by atoms with E-state index in [1.807, 2.05) is 12.1 Å². The zero-order valence-electron chi connectivity index (χ0n) is 14.4. The fourth-order valence-corrected chi connectivity index (χ4v) is 4.01. The van der Waals surface area contributed by atoms with Crippen LogP contribution < -0.4 is 5.32 Å². The van der Waals surface area contributed by atoms with E-state index in [2.05, 4.69) is 34.7 Å². The van der Waals surface area contributed by atoms with Crippen LogP contribution in [0.5, 0.6) is 0 Å². The molecule has 134 valence electrons. The smallest absolute Gasteiger partial charge is 0.230 e. The van der Waals surface area contributed by atoms with E-state index < -0.39 is 0 Å². The Balaban J connectivity index is 1.58. The van der Waals surface area contributed by atoms with E-state index in [0.29, 0.717) is 27.8 Å². The number of hydrogen-bond donors (Lipinski definition) is 1. The molecular weight excluding hydrogens is 358 g/mol. The molecule has 1 fully saturated rings. The number of thioether (sulfide) groups is 1. The summed E-state index contributed by atoms with van der Waals surface area (Å²) >= 11 is 7.24. The molecule has 8 heteroatoms. The molecule has 1 saturated carbocycles. The monoisotopic (exact) mass is 379 g/mol. The summed E-state index contributed by atoms with van der Waals surface area (Å²) in [6.07, 6.45) is 3.49. The first-order valence-corrected chi connectivity index (χ1v) is 9.87. The average molecular weight is 380 g/mol. The van der Waals surface area contributed by atoms with Gasteiger partial charge in [0.2, 0.25) is 11.1 Å². The molecule has 1 aromatic heterocycles. The van der Waals surface area contributed by atoms with Gasteiger partial charge in [0.25, 0.3) is 0 Å². The molecule has 0 bridgehead atoms. The number of tetrazole rings is 1. The van der Waals surface area contributed by atoms with Gasteiger partial charge < -0.3 is 5.32 Å². The lowest BCUT2D eigenvalue weighted by atomic mass is 9.78. The highest BCUT2D eigenvalue weighted by Crippen LogP contribution is 2.29. The number of benzene rings is 1. The van der Waals surface area contributed by atoms with Gasteiger partial charge in [0.15, 0.2) is 0 Å². The van der Waals surface area contributed by atoms with Crippen molar-refractivity contribution in [2.45, 2.75) is 44.3 Å². The third kappa shape index (κ3) is 4.52. The minimum Gasteiger partial charge on any atom is -0.352 e. The first-order chi connectivity index (χ1) is 12.0. The van der Waals surface area contributed by atoms with Gasteiger partial charge in [0.05, 0.1) is 11.4 Å². The predicted octanol–water partition coefficient (Wildman–Crippen LogP) is 3.35. The Labute approximate surface area is 156 Å². The Bertz CT molecular complexity index is 720. The zero-order chi connectivity index (χ0) is 17.8. The normalized spacial score (nSPS) is 23.4. The Morgan fingerprint density at radius 3 is 2.84 bits per heavy atom. The molecule has 3 rings (SSSR count). The van der Waals surface area contributed by atoms with Gasteiger partial charge >= 0.3 is 0 Å². The number of nitrogens with zero attached hydrogens (tertiary/aromatic N) is 4. The number of hydrogen-bond acceptors (Lipinski definition) is 5. The number of carbonyl (C=O) groups is 1. The standard InChI is InChI=1S/C17H22ClN5OS/c1-11-4-3-5-15(12(11)2)19-16(24)10-25-17-20-21-22-23(17)14-8-6-13(18)7-9-14/h6-9,11-12,15H,3-5,10H2,1-2H3,(H,19,24)/t11-,12+,15+/m0/s1. The van der Waals surface area contributed by atoms with Gasteiger partial charge in [0.1, 0.15) is 0 Å². The van der Waals surface area contributed by atoms with E-state index >= 15 is 0 Å². The molecule has 0 spiro atoms. The molecule has 3 atom stereocenters. The summed E-state index contributed by atoms with van der Waals surface area (Å²) in [5, 5.41) is 16.1. The van der Waals surface area contributed by atoms with Crippen LogP contribution in [0.15, 0.2) is 29.4 Å². The van der Waals surface area contributed by atoms with Gasteiger partial charge in [-0.15, -0.1) is 5.10 Å². The zero-order valence-corrected chi connectivity index (χ0v) is 15.9. The van der Waals surface area contributed by atoms with Crippen molar-refractivity contribution < 1.29 is 4.79 Å². The van der Waals surface area contributed by atoms with E-state index in [9.17, 15) is 4.79 Å². The summed E-state index contributed by atoms with van der Waals surface area (Å²) in [4.78, 5) is 12.3. The van der Waals surface area contributed by atoms with Crippen LogP contribution in [0.1, 0.15) is 33.1 Å². The summed E-state index contributed by atoms with van der Waals surface area (Å²) in [7, 11) is 0. The Kier molecular flexibility index (Phi) is 5.96. The van der Waals surface area contributed by atoms with E-state index in [-0.39, 0.29) is 11.9 Å². The summed E-state index contributed by atoms with van der Waals surface area (Å²) in [6.45, 7) is 4.49. The van der Waals surface area contributed by atoms with Crippen LogP contribution in [-0.2, 0) is 4.79 Å². The van der Waals surface area contributed by atoms with Gasteiger partial charge in [-0.3, -0.25) is 4.79 Å². The van der Waals surface area contributed by atoms with E-state index in [0.717, 1.165) is 12.1 Å². The first-order valence-electron chi connectivity index (χ1n) is 8.51. The lowest BCUT2D eigenvalue weighted by Crippen LogP contribution is -2.44. The molecule has 0 aliphatic heterocycles. The van der Waals surface area contributed by atoms with Crippen molar-refractivity contribution in [3.8, 4) is 5.69 Å². The molecule has 0 radical (unpaired) electrons. The van der Waals surface area contributed by atoms with Crippen LogP contribution in [0.4, 0.5) is 0 Å². The first kappa shape index (κ1) is 18.2. The van der Waals surface area contributed by atoms with E-state index in [1.165, 1.54) is 24.6 Å². The third-order valence-electron chi connectivity index (χ3n) is 4.90. The van der Waals surface area contributed by atoms with Crippen molar-refractivity contribution in [2.24, 2.45) is 11.8 Å². The summed E-state index contributed by atoms with van der Waals surface area (Å²) in [6, 6.07) is 7.52. The minimum absolute atomic E-state index is 0.0293. The second kappa shape index (κ2) is 8.19. The average Bonchev–Trinajstić information content (AvgIpc) is 3.06. The number of rotatable bonds is 5. The van der Waals surface area contributed by atoms with Crippen molar-refractivity contribution >= 4 is 29.3 Å². The maximum Gasteiger partial charge on any atom is 0.230 e. The number of aromatic nitrogens is 4. The largest absolute Gasteiger partial charge is 0.352 e. The minimum atomic E-state index is 0.0293. The Hall–Kier alpha value is -1.60. The van der Waals surface area contributed by atoms with Gasteiger partial charge in [-0.1, -0.05) is 50.1 Å². The highest BCUT2D eigenvalue weighted by atomic mass is 35.5. The fraction of sp³-hybridized carbons (Fsp3) is 0.529. The molecule has 0 saturated heterocycles. The summed E-state index contributed by atoms with van der Waals surface area (Å²) < 4.78 is 1.61. The van der Waals surface area contributed by atoms with Crippen molar-refractivity contribution in [1.29, 1.82) is 0 Å². The van der Waals surface area contributed by atoms with Crippen LogP contribution in [-0.4, -0.2) is 37.9 Å². The van der Waals surface area contributed by atoms with Crippen LogP contribution in [0, 0.1) is 11.8 Å². The van der Waals surface area contributed by atoms with Crippen LogP contribution in [0.2, 0.25) is 5.02 Å². The van der Waals surface area contributed by atoms with Crippen molar-refractivity contribution in [3.05, 3.63) is 29.3 Å². The number of amides is 1. The summed E-state index contributed by atoms with van der Waals surface area (Å²) in [5.74, 6) is 1.50. The molecular formula is C17H22ClN5OS. The molecule has 1 N–H and O–H groups in total. The van der Waals surface area contributed by atoms with E-state index in [1.54, 1.807) is 16.8 Å². The van der Waals surface area contributed by atoms with Crippen LogP contribution in [0.3, 0.4) is 0 Å². The number of halogens is 1. The molecule has 25 heavy (non-hydrogen) atoms. The molecule has 1 amide bonds. The highest BCUT2D eigenvalue weighted by Gasteiger charge is 2.28. The second-order valence-electron chi connectivity index (χ2n) is 6.58. The predicted molar refractivity (Wildman–Crippen MR) is 99.0 cm³/mol. The quantitative estimate of drug-likeness (QED) is 0.806. The van der Waals surface area contributed by atoms with Gasteiger partial charge in [-0.05, 0) is 52.9 Å². The molecule has 1 heterocycles. The topological polar surface area (TPSA) is 72.7 Å². The van der Waals surface area contributed by atoms with Crippen LogP contribution in [0.25, 0.3) is 5.69 Å². The SMILES string of the molecule is C[C@@H]1[C@@H](C)CCC[C@H]1NC(=O)CSc1nnnn1-c1ccc(Cl)cc1. The highest BCUT2D eigenvalue weighted by molar-refractivity contribution is 7.99. The molecule has 6 nitrogen and oxygen atoms in total. The van der Waals surface area contributed by atoms with Gasteiger partial charge in [0, 0.05) is 11.1 Å². The fourth-order valence-electron chi connectivity index (χ4n) is 3.18. The van der Waals surface area contributed by atoms with Gasteiger partial charge in [-0.2, -0.15) is 4.68 Å².